The number of carbonyl (C=O) groups is 1. The molecule has 0 amide bonds. The maximum Gasteiger partial charge on any atom is 0.194 e. The molecule has 0 saturated heterocycles. The Kier molecular flexibility index (Phi) is 4.86. The maximum atomic E-state index is 11.9. The number of aromatic nitrogens is 2. The van der Waals surface area contributed by atoms with Gasteiger partial charge >= 0.3 is 0 Å². The summed E-state index contributed by atoms with van der Waals surface area (Å²) in [5, 5.41) is 4.01. The molecule has 0 aliphatic rings. The number of nitrogens with zero attached hydrogens (tertiary/aromatic N) is 2. The van der Waals surface area contributed by atoms with Crippen LogP contribution in [0.1, 0.15) is 24.3 Å². The number of ketones is 1. The zero-order chi connectivity index (χ0) is 12.1. The Morgan fingerprint density at radius 3 is 2.88 bits per heavy atom. The summed E-state index contributed by atoms with van der Waals surface area (Å²) in [6.07, 6.45) is 1.57. The van der Waals surface area contributed by atoms with Crippen molar-refractivity contribution in [1.29, 1.82) is 0 Å². The molecule has 0 radical (unpaired) electrons. The Morgan fingerprint density at radius 2 is 2.31 bits per heavy atom. The van der Waals surface area contributed by atoms with E-state index in [-0.39, 0.29) is 5.78 Å². The van der Waals surface area contributed by atoms with Crippen molar-refractivity contribution in [2.45, 2.75) is 13.8 Å². The highest BCUT2D eigenvalue weighted by Gasteiger charge is 2.17. The van der Waals surface area contributed by atoms with E-state index in [1.54, 1.807) is 36.8 Å². The quantitative estimate of drug-likeness (QED) is 0.716. The summed E-state index contributed by atoms with van der Waals surface area (Å²) in [6.45, 7) is 4.28. The highest BCUT2D eigenvalue weighted by Crippen LogP contribution is 2.19. The van der Waals surface area contributed by atoms with Crippen molar-refractivity contribution in [3.05, 3.63) is 11.9 Å². The molecule has 1 heterocycles. The molecule has 0 aromatic carbocycles. The molecule has 90 valence electrons. The van der Waals surface area contributed by atoms with Gasteiger partial charge in [-0.15, -0.1) is 0 Å². The fraction of sp³-hybridized carbons (Fsp3) is 0.636. The first kappa shape index (κ1) is 13.1. The van der Waals surface area contributed by atoms with Crippen molar-refractivity contribution in [2.75, 3.05) is 18.6 Å². The van der Waals surface area contributed by atoms with E-state index in [2.05, 4.69) is 18.9 Å². The second kappa shape index (κ2) is 5.94. The van der Waals surface area contributed by atoms with Crippen LogP contribution in [0.2, 0.25) is 0 Å². The number of ether oxygens (including phenoxy) is 1. The Labute approximate surface area is 100 Å². The van der Waals surface area contributed by atoms with Gasteiger partial charge in [0, 0.05) is 7.05 Å². The summed E-state index contributed by atoms with van der Waals surface area (Å²) in [5.74, 6) is 2.70. The second-order valence-electron chi connectivity index (χ2n) is 4.02. The van der Waals surface area contributed by atoms with Crippen molar-refractivity contribution in [1.82, 2.24) is 9.78 Å². The van der Waals surface area contributed by atoms with Gasteiger partial charge in [0.1, 0.15) is 5.69 Å². The Morgan fingerprint density at radius 1 is 1.62 bits per heavy atom. The number of carbonyl (C=O) groups excluding carboxylic acids is 1. The van der Waals surface area contributed by atoms with Gasteiger partial charge in [0.05, 0.1) is 19.1 Å². The molecular formula is C11H18N2O2S. The molecule has 0 N–H and O–H groups in total. The minimum atomic E-state index is 0.0718. The Hall–Kier alpha value is -0.970. The minimum Gasteiger partial charge on any atom is -0.493 e. The fourth-order valence-corrected chi connectivity index (χ4v) is 2.25. The molecule has 0 bridgehead atoms. The van der Waals surface area contributed by atoms with Crippen LogP contribution >= 0.6 is 11.8 Å². The molecule has 0 atom stereocenters. The van der Waals surface area contributed by atoms with E-state index in [1.807, 2.05) is 0 Å². The summed E-state index contributed by atoms with van der Waals surface area (Å²) in [5.41, 5.74) is 0.554. The van der Waals surface area contributed by atoms with Crippen LogP contribution in [0.5, 0.6) is 5.75 Å². The number of hydrogen-bond donors (Lipinski definition) is 0. The number of thioether (sulfide) groups is 1. The lowest BCUT2D eigenvalue weighted by atomic mass is 10.3. The van der Waals surface area contributed by atoms with Crippen molar-refractivity contribution in [3.8, 4) is 5.75 Å². The van der Waals surface area contributed by atoms with Crippen LogP contribution in [-0.2, 0) is 7.05 Å². The van der Waals surface area contributed by atoms with Gasteiger partial charge in [0.15, 0.2) is 11.5 Å². The average Bonchev–Trinajstić information content (AvgIpc) is 2.58. The smallest absolute Gasteiger partial charge is 0.194 e. The number of aryl methyl sites for hydroxylation is 1. The highest BCUT2D eigenvalue weighted by molar-refractivity contribution is 7.99. The van der Waals surface area contributed by atoms with E-state index in [0.29, 0.717) is 23.1 Å². The summed E-state index contributed by atoms with van der Waals surface area (Å²) in [4.78, 5) is 11.9. The lowest BCUT2D eigenvalue weighted by Gasteiger charge is -2.05. The topological polar surface area (TPSA) is 44.1 Å². The number of hydrogen-bond acceptors (Lipinski definition) is 4. The first-order valence-electron chi connectivity index (χ1n) is 5.23. The van der Waals surface area contributed by atoms with E-state index in [9.17, 15) is 4.79 Å². The van der Waals surface area contributed by atoms with Crippen LogP contribution in [0, 0.1) is 5.92 Å². The van der Waals surface area contributed by atoms with E-state index >= 15 is 0 Å². The standard InChI is InChI=1S/C11H18N2O2S/c1-8(2)6-16-7-9(14)11-10(15-4)5-12-13(11)3/h5,8H,6-7H2,1-4H3. The zero-order valence-electron chi connectivity index (χ0n) is 10.2. The van der Waals surface area contributed by atoms with Gasteiger partial charge in [0.2, 0.25) is 0 Å². The lowest BCUT2D eigenvalue weighted by molar-refractivity contribution is 0.101. The molecule has 1 rings (SSSR count). The van der Waals surface area contributed by atoms with Crippen LogP contribution in [0.4, 0.5) is 0 Å². The van der Waals surface area contributed by atoms with E-state index in [1.165, 1.54) is 0 Å². The molecule has 16 heavy (non-hydrogen) atoms. The van der Waals surface area contributed by atoms with Crippen LogP contribution < -0.4 is 4.74 Å². The summed E-state index contributed by atoms with van der Waals surface area (Å²) in [6, 6.07) is 0. The van der Waals surface area contributed by atoms with Crippen molar-refractivity contribution in [2.24, 2.45) is 13.0 Å². The highest BCUT2D eigenvalue weighted by atomic mass is 32.2. The number of Topliss-reactive ketones (excluding diaryl/α,β-unsaturated/α-hetero) is 1. The van der Waals surface area contributed by atoms with Gasteiger partial charge in [0.25, 0.3) is 0 Å². The van der Waals surface area contributed by atoms with Gasteiger partial charge in [-0.1, -0.05) is 13.8 Å². The van der Waals surface area contributed by atoms with Gasteiger partial charge in [-0.25, -0.2) is 0 Å². The third kappa shape index (κ3) is 3.27. The predicted octanol–water partition coefficient (Wildman–Crippen LogP) is 2.00. The number of methoxy groups -OCH3 is 1. The third-order valence-electron chi connectivity index (χ3n) is 2.07. The molecule has 5 heteroatoms. The van der Waals surface area contributed by atoms with Crippen molar-refractivity contribution in [3.63, 3.8) is 0 Å². The maximum absolute atomic E-state index is 11.9. The molecule has 0 aliphatic carbocycles. The monoisotopic (exact) mass is 242 g/mol. The first-order valence-corrected chi connectivity index (χ1v) is 6.38. The summed E-state index contributed by atoms with van der Waals surface area (Å²) in [7, 11) is 3.30. The Bertz CT molecular complexity index is 361. The molecule has 1 aromatic rings. The molecule has 1 aromatic heterocycles. The molecule has 0 saturated carbocycles. The van der Waals surface area contributed by atoms with Crippen LogP contribution in [0.25, 0.3) is 0 Å². The van der Waals surface area contributed by atoms with Gasteiger partial charge in [-0.3, -0.25) is 9.48 Å². The minimum absolute atomic E-state index is 0.0718. The second-order valence-corrected chi connectivity index (χ2v) is 5.05. The van der Waals surface area contributed by atoms with E-state index < -0.39 is 0 Å². The largest absolute Gasteiger partial charge is 0.493 e. The first-order chi connectivity index (χ1) is 7.56. The average molecular weight is 242 g/mol. The fourth-order valence-electron chi connectivity index (χ4n) is 1.34. The van der Waals surface area contributed by atoms with Crippen molar-refractivity contribution < 1.29 is 9.53 Å². The molecule has 0 fully saturated rings. The van der Waals surface area contributed by atoms with Crippen LogP contribution in [-0.4, -0.2) is 34.2 Å². The zero-order valence-corrected chi connectivity index (χ0v) is 11.0. The van der Waals surface area contributed by atoms with Crippen LogP contribution in [0.15, 0.2) is 6.20 Å². The SMILES string of the molecule is COc1cnn(C)c1C(=O)CSCC(C)C. The van der Waals surface area contributed by atoms with Gasteiger partial charge < -0.3 is 4.74 Å². The van der Waals surface area contributed by atoms with Crippen molar-refractivity contribution >= 4 is 17.5 Å². The van der Waals surface area contributed by atoms with E-state index in [4.69, 9.17) is 4.74 Å². The molecule has 0 unspecified atom stereocenters. The molecule has 0 spiro atoms. The molecule has 4 nitrogen and oxygen atoms in total. The summed E-state index contributed by atoms with van der Waals surface area (Å²) >= 11 is 1.65. The molecular weight excluding hydrogens is 224 g/mol. The predicted molar refractivity (Wildman–Crippen MR) is 66.3 cm³/mol. The lowest BCUT2D eigenvalue weighted by Crippen LogP contribution is -2.11. The number of rotatable bonds is 6. The Balaban J connectivity index is 2.62. The summed E-state index contributed by atoms with van der Waals surface area (Å²) < 4.78 is 6.67. The third-order valence-corrected chi connectivity index (χ3v) is 3.44. The molecule has 0 aliphatic heterocycles. The van der Waals surface area contributed by atoms with Gasteiger partial charge in [-0.05, 0) is 11.7 Å². The van der Waals surface area contributed by atoms with E-state index in [0.717, 1.165) is 5.75 Å². The van der Waals surface area contributed by atoms with Gasteiger partial charge in [-0.2, -0.15) is 16.9 Å². The van der Waals surface area contributed by atoms with Crippen LogP contribution in [0.3, 0.4) is 0 Å². The normalized spacial score (nSPS) is 10.8.